The summed E-state index contributed by atoms with van der Waals surface area (Å²) in [7, 11) is 1.91. The smallest absolute Gasteiger partial charge is 0.129 e. The lowest BCUT2D eigenvalue weighted by molar-refractivity contribution is 0.0985. The second-order valence-electron chi connectivity index (χ2n) is 4.28. The molecule has 0 saturated carbocycles. The van der Waals surface area contributed by atoms with E-state index in [-0.39, 0.29) is 0 Å². The van der Waals surface area contributed by atoms with Gasteiger partial charge in [0.25, 0.3) is 0 Å². The molecular weight excluding hydrogens is 238 g/mol. The van der Waals surface area contributed by atoms with Gasteiger partial charge in [0.15, 0.2) is 0 Å². The monoisotopic (exact) mass is 255 g/mol. The zero-order valence-electron chi connectivity index (χ0n) is 10.2. The van der Waals surface area contributed by atoms with Crippen LogP contribution in [0, 0.1) is 0 Å². The van der Waals surface area contributed by atoms with Gasteiger partial charge in [-0.05, 0) is 25.6 Å². The van der Waals surface area contributed by atoms with Crippen LogP contribution in [0.1, 0.15) is 12.5 Å². The van der Waals surface area contributed by atoms with E-state index < -0.39 is 0 Å². The molecular formula is C12H18ClN3O. The molecule has 4 nitrogen and oxygen atoms in total. The van der Waals surface area contributed by atoms with Gasteiger partial charge in [0.05, 0.1) is 24.3 Å². The van der Waals surface area contributed by atoms with Gasteiger partial charge in [-0.2, -0.15) is 0 Å². The molecule has 17 heavy (non-hydrogen) atoms. The molecule has 2 heterocycles. The van der Waals surface area contributed by atoms with E-state index in [1.807, 2.05) is 7.05 Å². The Bertz CT molecular complexity index is 386. The molecule has 1 aromatic rings. The van der Waals surface area contributed by atoms with Gasteiger partial charge in [-0.1, -0.05) is 11.6 Å². The first-order chi connectivity index (χ1) is 8.22. The summed E-state index contributed by atoms with van der Waals surface area (Å²) in [6, 6.07) is 2.42. The maximum Gasteiger partial charge on any atom is 0.129 e. The molecule has 5 heteroatoms. The second-order valence-corrected chi connectivity index (χ2v) is 4.69. The maximum absolute atomic E-state index is 6.10. The molecule has 0 aliphatic carbocycles. The van der Waals surface area contributed by atoms with Crippen LogP contribution >= 0.6 is 11.6 Å². The van der Waals surface area contributed by atoms with Crippen molar-refractivity contribution < 1.29 is 4.74 Å². The fraction of sp³-hybridized carbons (Fsp3) is 0.583. The number of rotatable bonds is 3. The van der Waals surface area contributed by atoms with Crippen molar-refractivity contribution in [3.05, 3.63) is 22.8 Å². The molecule has 1 unspecified atom stereocenters. The van der Waals surface area contributed by atoms with Crippen molar-refractivity contribution in [1.29, 1.82) is 0 Å². The predicted molar refractivity (Wildman–Crippen MR) is 69.6 cm³/mol. The number of hydrogen-bond donors (Lipinski definition) is 1. The molecule has 1 aliphatic rings. The van der Waals surface area contributed by atoms with Gasteiger partial charge < -0.3 is 15.0 Å². The average Bonchev–Trinajstić information content (AvgIpc) is 2.33. The van der Waals surface area contributed by atoms with Gasteiger partial charge in [-0.25, -0.2) is 4.98 Å². The zero-order valence-corrected chi connectivity index (χ0v) is 11.0. The minimum Gasteiger partial charge on any atom is -0.377 e. The molecule has 2 rings (SSSR count). The van der Waals surface area contributed by atoms with Gasteiger partial charge in [0, 0.05) is 19.3 Å². The highest BCUT2D eigenvalue weighted by atomic mass is 35.5. The van der Waals surface area contributed by atoms with Crippen molar-refractivity contribution in [2.45, 2.75) is 19.5 Å². The van der Waals surface area contributed by atoms with Crippen molar-refractivity contribution in [2.75, 3.05) is 31.7 Å². The van der Waals surface area contributed by atoms with Crippen molar-refractivity contribution in [1.82, 2.24) is 10.3 Å². The quantitative estimate of drug-likeness (QED) is 0.892. The van der Waals surface area contributed by atoms with Crippen LogP contribution in [0.2, 0.25) is 5.02 Å². The molecule has 1 N–H and O–H groups in total. The van der Waals surface area contributed by atoms with Crippen LogP contribution in [0.4, 0.5) is 5.82 Å². The van der Waals surface area contributed by atoms with Crippen LogP contribution in [0.15, 0.2) is 12.3 Å². The van der Waals surface area contributed by atoms with E-state index >= 15 is 0 Å². The third-order valence-electron chi connectivity index (χ3n) is 2.95. The van der Waals surface area contributed by atoms with Crippen LogP contribution in [0.3, 0.4) is 0 Å². The molecule has 1 aromatic heterocycles. The Balaban J connectivity index is 2.22. The number of hydrogen-bond acceptors (Lipinski definition) is 4. The highest BCUT2D eigenvalue weighted by Crippen LogP contribution is 2.23. The maximum atomic E-state index is 6.10. The summed E-state index contributed by atoms with van der Waals surface area (Å²) in [4.78, 5) is 6.67. The summed E-state index contributed by atoms with van der Waals surface area (Å²) in [5, 5.41) is 3.82. The van der Waals surface area contributed by atoms with E-state index in [0.29, 0.717) is 11.1 Å². The topological polar surface area (TPSA) is 37.4 Å². The van der Waals surface area contributed by atoms with Gasteiger partial charge in [0.1, 0.15) is 5.82 Å². The van der Waals surface area contributed by atoms with Crippen molar-refractivity contribution in [2.24, 2.45) is 0 Å². The van der Waals surface area contributed by atoms with Gasteiger partial charge in [-0.3, -0.25) is 0 Å². The Labute approximate surface area is 107 Å². The lowest BCUT2D eigenvalue weighted by atomic mass is 10.2. The number of nitrogens with zero attached hydrogens (tertiary/aromatic N) is 2. The predicted octanol–water partition coefficient (Wildman–Crippen LogP) is 1.68. The first-order valence-electron chi connectivity index (χ1n) is 5.85. The highest BCUT2D eigenvalue weighted by Gasteiger charge is 2.20. The van der Waals surface area contributed by atoms with Crippen LogP contribution in [-0.2, 0) is 11.3 Å². The Kier molecular flexibility index (Phi) is 4.20. The van der Waals surface area contributed by atoms with Crippen LogP contribution in [0.25, 0.3) is 0 Å². The van der Waals surface area contributed by atoms with E-state index in [1.54, 1.807) is 6.20 Å². The number of nitrogens with one attached hydrogen (secondary N) is 1. The van der Waals surface area contributed by atoms with E-state index in [9.17, 15) is 0 Å². The summed E-state index contributed by atoms with van der Waals surface area (Å²) in [6.45, 7) is 5.30. The van der Waals surface area contributed by atoms with Gasteiger partial charge >= 0.3 is 0 Å². The normalized spacial score (nSPS) is 20.6. The third-order valence-corrected chi connectivity index (χ3v) is 3.29. The van der Waals surface area contributed by atoms with E-state index in [4.69, 9.17) is 16.3 Å². The van der Waals surface area contributed by atoms with E-state index in [2.05, 4.69) is 28.2 Å². The molecule has 94 valence electrons. The zero-order chi connectivity index (χ0) is 12.3. The highest BCUT2D eigenvalue weighted by molar-refractivity contribution is 6.31. The number of anilines is 1. The molecule has 1 atom stereocenters. The molecule has 0 bridgehead atoms. The van der Waals surface area contributed by atoms with Crippen LogP contribution in [-0.4, -0.2) is 37.8 Å². The SMILES string of the molecule is CNCc1cc(N2CCOCC2C)ncc1Cl. The van der Waals surface area contributed by atoms with Gasteiger partial charge in [0.2, 0.25) is 0 Å². The van der Waals surface area contributed by atoms with Gasteiger partial charge in [-0.15, -0.1) is 0 Å². The second kappa shape index (κ2) is 5.67. The lowest BCUT2D eigenvalue weighted by Gasteiger charge is -2.34. The van der Waals surface area contributed by atoms with E-state index in [1.165, 1.54) is 0 Å². The molecule has 0 amide bonds. The first-order valence-corrected chi connectivity index (χ1v) is 6.23. The molecule has 1 aliphatic heterocycles. The number of morpholine rings is 1. The third kappa shape index (κ3) is 2.89. The summed E-state index contributed by atoms with van der Waals surface area (Å²) < 4.78 is 5.43. The van der Waals surface area contributed by atoms with Crippen LogP contribution in [0.5, 0.6) is 0 Å². The summed E-state index contributed by atoms with van der Waals surface area (Å²) in [5.41, 5.74) is 1.08. The Morgan fingerprint density at radius 1 is 1.65 bits per heavy atom. The van der Waals surface area contributed by atoms with Crippen molar-refractivity contribution in [3.63, 3.8) is 0 Å². The molecule has 0 radical (unpaired) electrons. The standard InChI is InChI=1S/C12H18ClN3O/c1-9-8-17-4-3-16(9)12-5-10(6-14-2)11(13)7-15-12/h5,7,9,14H,3-4,6,8H2,1-2H3. The first kappa shape index (κ1) is 12.6. The molecule has 0 spiro atoms. The fourth-order valence-corrected chi connectivity index (χ4v) is 2.19. The van der Waals surface area contributed by atoms with Crippen molar-refractivity contribution in [3.8, 4) is 0 Å². The summed E-state index contributed by atoms with van der Waals surface area (Å²) in [6.07, 6.45) is 1.73. The number of ether oxygens (including phenoxy) is 1. The van der Waals surface area contributed by atoms with Crippen LogP contribution < -0.4 is 10.2 Å². The number of aromatic nitrogens is 1. The largest absolute Gasteiger partial charge is 0.377 e. The lowest BCUT2D eigenvalue weighted by Crippen LogP contribution is -2.44. The fourth-order valence-electron chi connectivity index (χ4n) is 2.02. The Morgan fingerprint density at radius 2 is 2.47 bits per heavy atom. The molecule has 1 fully saturated rings. The summed E-state index contributed by atoms with van der Waals surface area (Å²) >= 11 is 6.10. The number of pyridine rings is 1. The molecule has 1 saturated heterocycles. The minimum absolute atomic E-state index is 0.361. The Hall–Kier alpha value is -0.840. The van der Waals surface area contributed by atoms with Crippen molar-refractivity contribution >= 4 is 17.4 Å². The summed E-state index contributed by atoms with van der Waals surface area (Å²) in [5.74, 6) is 0.982. The minimum atomic E-state index is 0.361. The Morgan fingerprint density at radius 3 is 3.18 bits per heavy atom. The molecule has 0 aromatic carbocycles. The van der Waals surface area contributed by atoms with E-state index in [0.717, 1.165) is 37.7 Å². The number of halogens is 1. The average molecular weight is 256 g/mol.